The zero-order valence-electron chi connectivity index (χ0n) is 16.5. The van der Waals surface area contributed by atoms with E-state index in [0.29, 0.717) is 40.5 Å². The van der Waals surface area contributed by atoms with Crippen LogP contribution in [0.25, 0.3) is 33.5 Å². The summed E-state index contributed by atoms with van der Waals surface area (Å²) in [7, 11) is 0. The maximum atomic E-state index is 15.6. The summed E-state index contributed by atoms with van der Waals surface area (Å²) in [5, 5.41) is 0. The Morgan fingerprint density at radius 1 is 1.00 bits per heavy atom. The molecule has 2 aromatic carbocycles. The van der Waals surface area contributed by atoms with Crippen molar-refractivity contribution in [2.24, 2.45) is 0 Å². The Bertz CT molecular complexity index is 1270. The molecule has 4 heterocycles. The lowest BCUT2D eigenvalue weighted by Crippen LogP contribution is -2.19. The predicted octanol–water partition coefficient (Wildman–Crippen LogP) is 4.34. The number of nitrogens with two attached hydrogens (primary N) is 1. The molecule has 0 radical (unpaired) electrons. The van der Waals surface area contributed by atoms with Crippen molar-refractivity contribution < 1.29 is 13.5 Å². The van der Waals surface area contributed by atoms with E-state index in [1.54, 1.807) is 0 Å². The Morgan fingerprint density at radius 3 is 2.70 bits per heavy atom. The van der Waals surface area contributed by atoms with Gasteiger partial charge in [-0.2, -0.15) is 4.98 Å². The number of aromatic nitrogens is 3. The number of aryl methyl sites for hydroxylation is 1. The van der Waals surface area contributed by atoms with E-state index in [-0.39, 0.29) is 11.8 Å². The lowest BCUT2D eigenvalue weighted by Gasteiger charge is -2.21. The van der Waals surface area contributed by atoms with Gasteiger partial charge in [0.2, 0.25) is 0 Å². The van der Waals surface area contributed by atoms with E-state index >= 15 is 4.39 Å². The lowest BCUT2D eigenvalue weighted by molar-refractivity contribution is 0.299. The fraction of sp³-hybridized carbons (Fsp3) is 0.364. The van der Waals surface area contributed by atoms with E-state index in [0.717, 1.165) is 56.4 Å². The number of hydrogen-bond donors (Lipinski definition) is 1. The van der Waals surface area contributed by atoms with Crippen molar-refractivity contribution in [2.75, 3.05) is 30.3 Å². The molecule has 0 unspecified atom stereocenters. The summed E-state index contributed by atoms with van der Waals surface area (Å²) in [5.41, 5.74) is 9.50. The quantitative estimate of drug-likeness (QED) is 0.532. The number of fused-ring (bicyclic) bond motifs is 1. The van der Waals surface area contributed by atoms with Crippen LogP contribution in [-0.2, 0) is 6.54 Å². The summed E-state index contributed by atoms with van der Waals surface area (Å²) >= 11 is 0. The second-order valence-corrected chi connectivity index (χ2v) is 7.98. The van der Waals surface area contributed by atoms with E-state index < -0.39 is 0 Å². The average Bonchev–Trinajstić information content (AvgIpc) is 3.44. The highest BCUT2D eigenvalue weighted by molar-refractivity contribution is 5.91. The zero-order valence-corrected chi connectivity index (χ0v) is 16.5. The third-order valence-corrected chi connectivity index (χ3v) is 6.04. The van der Waals surface area contributed by atoms with E-state index in [4.69, 9.17) is 19.9 Å². The van der Waals surface area contributed by atoms with E-state index in [2.05, 4.69) is 14.5 Å². The summed E-state index contributed by atoms with van der Waals surface area (Å²) in [5.74, 6) is 1.14. The molecule has 1 saturated heterocycles. The van der Waals surface area contributed by atoms with Crippen molar-refractivity contribution in [1.82, 2.24) is 14.5 Å². The molecule has 0 amide bonds. The first kappa shape index (κ1) is 17.6. The van der Waals surface area contributed by atoms with Crippen LogP contribution >= 0.6 is 0 Å². The number of imidazole rings is 1. The number of nitrogens with zero attached hydrogens (tertiary/aromatic N) is 4. The molecule has 7 nitrogen and oxygen atoms in total. The van der Waals surface area contributed by atoms with Crippen molar-refractivity contribution in [3.63, 3.8) is 0 Å². The van der Waals surface area contributed by atoms with Gasteiger partial charge in [-0.1, -0.05) is 0 Å². The number of rotatable bonds is 2. The fourth-order valence-electron chi connectivity index (χ4n) is 4.61. The highest BCUT2D eigenvalue weighted by Crippen LogP contribution is 2.40. The van der Waals surface area contributed by atoms with E-state index in [1.807, 2.05) is 24.3 Å². The van der Waals surface area contributed by atoms with Crippen LogP contribution in [0.5, 0.6) is 5.75 Å². The molecule has 0 bridgehead atoms. The van der Waals surface area contributed by atoms with Crippen LogP contribution in [0, 0.1) is 5.82 Å². The Balaban J connectivity index is 1.60. The number of hydrogen-bond acceptors (Lipinski definition) is 6. The van der Waals surface area contributed by atoms with E-state index in [1.165, 1.54) is 0 Å². The highest BCUT2D eigenvalue weighted by Gasteiger charge is 2.26. The zero-order chi connectivity index (χ0) is 20.2. The molecule has 2 N–H and O–H groups in total. The molecule has 1 fully saturated rings. The van der Waals surface area contributed by atoms with Crippen molar-refractivity contribution >= 4 is 33.8 Å². The second kappa shape index (κ2) is 6.62. The van der Waals surface area contributed by atoms with Gasteiger partial charge in [0.25, 0.3) is 6.01 Å². The average molecular weight is 407 g/mol. The largest absolute Gasteiger partial charge is 0.491 e. The van der Waals surface area contributed by atoms with Gasteiger partial charge >= 0.3 is 0 Å². The number of ether oxygens (including phenoxy) is 1. The van der Waals surface area contributed by atoms with Gasteiger partial charge in [0.05, 0.1) is 12.3 Å². The molecule has 0 spiro atoms. The number of halogens is 1. The van der Waals surface area contributed by atoms with Crippen LogP contribution < -0.4 is 15.4 Å². The van der Waals surface area contributed by atoms with Crippen molar-refractivity contribution in [1.29, 1.82) is 0 Å². The molecule has 30 heavy (non-hydrogen) atoms. The smallest absolute Gasteiger partial charge is 0.292 e. The highest BCUT2D eigenvalue weighted by atomic mass is 19.1. The first-order valence-electron chi connectivity index (χ1n) is 10.5. The van der Waals surface area contributed by atoms with Gasteiger partial charge in [-0.25, -0.2) is 9.37 Å². The molecular weight excluding hydrogens is 385 g/mol. The number of nitrogen functional groups attached to an aromatic ring is 1. The Labute approximate surface area is 172 Å². The minimum absolute atomic E-state index is 0.127. The Hall–Kier alpha value is -3.29. The Morgan fingerprint density at radius 2 is 1.83 bits per heavy atom. The number of benzene rings is 2. The molecule has 2 aliphatic rings. The first-order chi connectivity index (χ1) is 14.7. The lowest BCUT2D eigenvalue weighted by atomic mass is 10.2. The first-order valence-corrected chi connectivity index (χ1v) is 10.5. The van der Waals surface area contributed by atoms with Gasteiger partial charge < -0.3 is 24.4 Å². The summed E-state index contributed by atoms with van der Waals surface area (Å²) in [6, 6.07) is 7.61. The molecule has 2 aliphatic heterocycles. The summed E-state index contributed by atoms with van der Waals surface area (Å²) in [4.78, 5) is 11.1. The van der Waals surface area contributed by atoms with Gasteiger partial charge in [0.15, 0.2) is 11.4 Å². The Kier molecular flexibility index (Phi) is 3.87. The van der Waals surface area contributed by atoms with Crippen LogP contribution in [-0.4, -0.2) is 34.2 Å². The minimum Gasteiger partial charge on any atom is -0.491 e. The molecular formula is C22H22FN5O2. The monoisotopic (exact) mass is 407 g/mol. The fourth-order valence-corrected chi connectivity index (χ4v) is 4.61. The summed E-state index contributed by atoms with van der Waals surface area (Å²) in [6.07, 6.45) is 4.03. The van der Waals surface area contributed by atoms with Crippen LogP contribution in [0.1, 0.15) is 25.7 Å². The minimum atomic E-state index is -0.272. The molecule has 154 valence electrons. The molecule has 0 saturated carbocycles. The molecule has 2 aromatic heterocycles. The summed E-state index contributed by atoms with van der Waals surface area (Å²) in [6.45, 7) is 3.11. The van der Waals surface area contributed by atoms with Gasteiger partial charge in [-0.05, 0) is 43.9 Å². The van der Waals surface area contributed by atoms with Crippen LogP contribution in [0.4, 0.5) is 16.1 Å². The number of oxazole rings is 1. The molecule has 6 rings (SSSR count). The predicted molar refractivity (Wildman–Crippen MR) is 113 cm³/mol. The van der Waals surface area contributed by atoms with Gasteiger partial charge in [-0.3, -0.25) is 0 Å². The molecule has 4 aromatic rings. The van der Waals surface area contributed by atoms with Gasteiger partial charge in [-0.15, -0.1) is 0 Å². The molecule has 8 heteroatoms. The molecule has 0 atom stereocenters. The van der Waals surface area contributed by atoms with Crippen molar-refractivity contribution in [2.45, 2.75) is 32.2 Å². The second-order valence-electron chi connectivity index (χ2n) is 7.98. The topological polar surface area (TPSA) is 82.3 Å². The van der Waals surface area contributed by atoms with Crippen LogP contribution in [0.3, 0.4) is 0 Å². The standard InChI is InChI=1S/C22H22FN5O2/c23-18-15(27-7-1-2-8-27)12-17-20-19(18)26-21(28(20)9-3-4-10-29-17)13-5-6-16-14(11-13)25-22(24)30-16/h5-6,11-12H,1-4,7-10H2,(H2,24,25). The van der Waals surface area contributed by atoms with E-state index in [9.17, 15) is 0 Å². The van der Waals surface area contributed by atoms with Crippen molar-refractivity contribution in [3.8, 4) is 17.1 Å². The van der Waals surface area contributed by atoms with Gasteiger partial charge in [0, 0.05) is 31.3 Å². The number of anilines is 2. The SMILES string of the molecule is Nc1nc2cc(-c3nc4c(F)c(N5CCCC5)cc5c4n3CCCCO5)ccc2o1. The van der Waals surface area contributed by atoms with Gasteiger partial charge in [0.1, 0.15) is 28.1 Å². The normalized spacial score (nSPS) is 16.8. The van der Waals surface area contributed by atoms with Crippen LogP contribution in [0.15, 0.2) is 28.7 Å². The molecule has 0 aliphatic carbocycles. The van der Waals surface area contributed by atoms with Crippen molar-refractivity contribution in [3.05, 3.63) is 30.1 Å². The maximum Gasteiger partial charge on any atom is 0.292 e. The maximum absolute atomic E-state index is 15.6. The third kappa shape index (κ3) is 2.63. The summed E-state index contributed by atoms with van der Waals surface area (Å²) < 4.78 is 29.2. The van der Waals surface area contributed by atoms with Crippen LogP contribution in [0.2, 0.25) is 0 Å². The third-order valence-electron chi connectivity index (χ3n) is 6.04.